The highest BCUT2D eigenvalue weighted by Crippen LogP contribution is 2.31. The van der Waals surface area contributed by atoms with Gasteiger partial charge in [0.15, 0.2) is 0 Å². The van der Waals surface area contributed by atoms with E-state index in [2.05, 4.69) is 36.9 Å². The molecule has 0 amide bonds. The molecule has 26 heavy (non-hydrogen) atoms. The molecule has 0 fully saturated rings. The van der Waals surface area contributed by atoms with Crippen LogP contribution in [0.5, 0.6) is 11.5 Å². The molecule has 2 N–H and O–H groups in total. The molecule has 3 rings (SSSR count). The number of hydrogen-bond donors (Lipinski definition) is 2. The summed E-state index contributed by atoms with van der Waals surface area (Å²) in [5.74, 6) is 0.493. The second kappa shape index (κ2) is 8.95. The van der Waals surface area contributed by atoms with E-state index < -0.39 is 0 Å². The quantitative estimate of drug-likeness (QED) is 0.600. The molecule has 0 unspecified atom stereocenters. The Kier molecular flexibility index (Phi) is 6.67. The van der Waals surface area contributed by atoms with E-state index in [4.69, 9.17) is 0 Å². The van der Waals surface area contributed by atoms with Gasteiger partial charge >= 0.3 is 0 Å². The minimum atomic E-state index is 0.246. The molecule has 0 heterocycles. The Balaban J connectivity index is 0.00000117. The number of aryl methyl sites for hydroxylation is 1. The molecule has 0 aromatic heterocycles. The average Bonchev–Trinajstić information content (AvgIpc) is 2.66. The van der Waals surface area contributed by atoms with Crippen LogP contribution in [0.15, 0.2) is 66.7 Å². The fraction of sp³-hybridized carbons (Fsp3) is 0.217. The molecule has 3 aromatic carbocycles. The van der Waals surface area contributed by atoms with E-state index in [-0.39, 0.29) is 11.5 Å². The van der Waals surface area contributed by atoms with Gasteiger partial charge in [-0.25, -0.2) is 0 Å². The van der Waals surface area contributed by atoms with Gasteiger partial charge in [-0.15, -0.1) is 0 Å². The number of nitrogens with zero attached hydrogens (tertiary/aromatic N) is 1. The number of phenolic OH excluding ortho intramolecular Hbond substituents is 2. The maximum Gasteiger partial charge on any atom is 0.115 e. The number of benzene rings is 3. The normalized spacial score (nSPS) is 10.0. The minimum Gasteiger partial charge on any atom is -0.508 e. The summed E-state index contributed by atoms with van der Waals surface area (Å²) in [5, 5.41) is 19.1. The molecule has 136 valence electrons. The van der Waals surface area contributed by atoms with Crippen molar-refractivity contribution in [2.24, 2.45) is 0 Å². The van der Waals surface area contributed by atoms with Gasteiger partial charge in [-0.1, -0.05) is 32.0 Å². The third-order valence-electron chi connectivity index (χ3n) is 4.37. The van der Waals surface area contributed by atoms with Crippen LogP contribution in [-0.4, -0.2) is 10.2 Å². The van der Waals surface area contributed by atoms with Gasteiger partial charge in [0.1, 0.15) is 11.5 Å². The van der Waals surface area contributed by atoms with Crippen molar-refractivity contribution in [3.8, 4) is 11.5 Å². The van der Waals surface area contributed by atoms with Gasteiger partial charge < -0.3 is 15.1 Å². The van der Waals surface area contributed by atoms with Gasteiger partial charge in [-0.2, -0.15) is 0 Å². The molecule has 0 bridgehead atoms. The average molecular weight is 349 g/mol. The van der Waals surface area contributed by atoms with Crippen LogP contribution < -0.4 is 4.90 Å². The zero-order chi connectivity index (χ0) is 19.1. The molecule has 3 nitrogen and oxygen atoms in total. The molecule has 0 aliphatic heterocycles. The summed E-state index contributed by atoms with van der Waals surface area (Å²) in [6.45, 7) is 8.96. The van der Waals surface area contributed by atoms with Crippen LogP contribution in [0.4, 0.5) is 11.4 Å². The first-order valence-electron chi connectivity index (χ1n) is 8.95. The molecular formula is C23H27NO2. The fourth-order valence-electron chi connectivity index (χ4n) is 2.75. The molecule has 0 saturated carbocycles. The first-order valence-corrected chi connectivity index (χ1v) is 8.95. The smallest absolute Gasteiger partial charge is 0.115 e. The zero-order valence-corrected chi connectivity index (χ0v) is 15.9. The lowest BCUT2D eigenvalue weighted by atomic mass is 10.0. The Labute approximate surface area is 156 Å². The Morgan fingerprint density at radius 2 is 1.15 bits per heavy atom. The van der Waals surface area contributed by atoms with Crippen molar-refractivity contribution in [1.29, 1.82) is 0 Å². The number of rotatable bonds is 4. The fourth-order valence-corrected chi connectivity index (χ4v) is 2.75. The molecule has 0 aliphatic carbocycles. The van der Waals surface area contributed by atoms with E-state index in [9.17, 15) is 10.2 Å². The summed E-state index contributed by atoms with van der Waals surface area (Å²) in [4.78, 5) is 2.17. The third kappa shape index (κ3) is 4.57. The molecule has 0 aliphatic rings. The Morgan fingerprint density at radius 3 is 1.62 bits per heavy atom. The maximum atomic E-state index is 9.56. The van der Waals surface area contributed by atoms with E-state index in [1.165, 1.54) is 16.7 Å². The Morgan fingerprint density at radius 1 is 0.692 bits per heavy atom. The molecular weight excluding hydrogens is 322 g/mol. The van der Waals surface area contributed by atoms with Crippen LogP contribution in [0.1, 0.15) is 30.5 Å². The van der Waals surface area contributed by atoms with Gasteiger partial charge in [0.05, 0.1) is 0 Å². The first-order chi connectivity index (χ1) is 12.5. The standard InChI is InChI=1S/C21H21NO2.C2H6/c1-15-4-3-5-17(16(15)2)14-22(18-6-10-20(23)11-7-18)19-8-12-21(24)13-9-19;1-2/h3-13,23-24H,14H2,1-2H3;1-2H3. The number of phenols is 2. The van der Waals surface area contributed by atoms with Crippen LogP contribution in [0, 0.1) is 13.8 Å². The van der Waals surface area contributed by atoms with Crippen molar-refractivity contribution in [2.75, 3.05) is 4.90 Å². The van der Waals surface area contributed by atoms with Crippen LogP contribution in [-0.2, 0) is 6.54 Å². The van der Waals surface area contributed by atoms with E-state index in [1.54, 1.807) is 24.3 Å². The lowest BCUT2D eigenvalue weighted by Gasteiger charge is -2.26. The highest BCUT2D eigenvalue weighted by Gasteiger charge is 2.12. The first kappa shape index (κ1) is 19.4. The summed E-state index contributed by atoms with van der Waals surface area (Å²) in [7, 11) is 0. The Hall–Kier alpha value is -2.94. The zero-order valence-electron chi connectivity index (χ0n) is 15.9. The summed E-state index contributed by atoms with van der Waals surface area (Å²) < 4.78 is 0. The van der Waals surface area contributed by atoms with Crippen molar-refractivity contribution >= 4 is 11.4 Å². The number of hydrogen-bond acceptors (Lipinski definition) is 3. The largest absolute Gasteiger partial charge is 0.508 e. The second-order valence-corrected chi connectivity index (χ2v) is 5.98. The van der Waals surface area contributed by atoms with Crippen molar-refractivity contribution in [3.63, 3.8) is 0 Å². The van der Waals surface area contributed by atoms with E-state index in [0.717, 1.165) is 11.4 Å². The predicted octanol–water partition coefficient (Wildman–Crippen LogP) is 6.08. The molecule has 0 spiro atoms. The summed E-state index contributed by atoms with van der Waals surface area (Å²) >= 11 is 0. The molecule has 0 atom stereocenters. The minimum absolute atomic E-state index is 0.246. The highest BCUT2D eigenvalue weighted by molar-refractivity contribution is 5.65. The molecule has 0 saturated heterocycles. The lowest BCUT2D eigenvalue weighted by Crippen LogP contribution is -2.17. The van der Waals surface area contributed by atoms with E-state index >= 15 is 0 Å². The lowest BCUT2D eigenvalue weighted by molar-refractivity contribution is 0.475. The van der Waals surface area contributed by atoms with Crippen LogP contribution in [0.3, 0.4) is 0 Å². The van der Waals surface area contributed by atoms with Crippen LogP contribution in [0.2, 0.25) is 0 Å². The molecule has 3 heteroatoms. The van der Waals surface area contributed by atoms with Crippen LogP contribution in [0.25, 0.3) is 0 Å². The highest BCUT2D eigenvalue weighted by atomic mass is 16.3. The molecule has 3 aromatic rings. The van der Waals surface area contributed by atoms with E-state index in [1.807, 2.05) is 38.1 Å². The topological polar surface area (TPSA) is 43.7 Å². The van der Waals surface area contributed by atoms with Crippen molar-refractivity contribution in [1.82, 2.24) is 0 Å². The van der Waals surface area contributed by atoms with Crippen molar-refractivity contribution < 1.29 is 10.2 Å². The Bertz CT molecular complexity index is 778. The van der Waals surface area contributed by atoms with Gasteiger partial charge in [0.25, 0.3) is 0 Å². The summed E-state index contributed by atoms with van der Waals surface area (Å²) in [6.07, 6.45) is 0. The monoisotopic (exact) mass is 349 g/mol. The van der Waals surface area contributed by atoms with Gasteiger partial charge in [-0.05, 0) is 79.1 Å². The predicted molar refractivity (Wildman–Crippen MR) is 109 cm³/mol. The van der Waals surface area contributed by atoms with Crippen molar-refractivity contribution in [2.45, 2.75) is 34.2 Å². The second-order valence-electron chi connectivity index (χ2n) is 5.98. The molecule has 0 radical (unpaired) electrons. The van der Waals surface area contributed by atoms with Crippen molar-refractivity contribution in [3.05, 3.63) is 83.4 Å². The van der Waals surface area contributed by atoms with E-state index in [0.29, 0.717) is 6.54 Å². The van der Waals surface area contributed by atoms with Gasteiger partial charge in [0, 0.05) is 17.9 Å². The van der Waals surface area contributed by atoms with Crippen LogP contribution >= 0.6 is 0 Å². The third-order valence-corrected chi connectivity index (χ3v) is 4.37. The van der Waals surface area contributed by atoms with Gasteiger partial charge in [-0.3, -0.25) is 0 Å². The number of anilines is 2. The van der Waals surface area contributed by atoms with Gasteiger partial charge in [0.2, 0.25) is 0 Å². The summed E-state index contributed by atoms with van der Waals surface area (Å²) in [5.41, 5.74) is 5.76. The number of aromatic hydroxyl groups is 2. The summed E-state index contributed by atoms with van der Waals surface area (Å²) in [6, 6.07) is 20.7. The maximum absolute atomic E-state index is 9.56. The SMILES string of the molecule is CC.Cc1cccc(CN(c2ccc(O)cc2)c2ccc(O)cc2)c1C.